The van der Waals surface area contributed by atoms with Crippen LogP contribution in [0.4, 0.5) is 0 Å². The monoisotopic (exact) mass is 240 g/mol. The fourth-order valence-electron chi connectivity index (χ4n) is 2.67. The Hall–Kier alpha value is -1.63. The largest absolute Gasteiger partial charge is 0.298 e. The highest BCUT2D eigenvalue weighted by Crippen LogP contribution is 2.61. The Morgan fingerprint density at radius 1 is 1.28 bits per heavy atom. The third-order valence-electron chi connectivity index (χ3n) is 4.16. The second kappa shape index (κ2) is 4.24. The summed E-state index contributed by atoms with van der Waals surface area (Å²) in [5, 5.41) is 0. The summed E-state index contributed by atoms with van der Waals surface area (Å²) in [5.74, 6) is 0.606. The maximum atomic E-state index is 10.7. The van der Waals surface area contributed by atoms with E-state index in [4.69, 9.17) is 0 Å². The third kappa shape index (κ3) is 1.94. The van der Waals surface area contributed by atoms with Crippen molar-refractivity contribution in [2.75, 3.05) is 0 Å². The Balaban J connectivity index is 2.51. The Kier molecular flexibility index (Phi) is 3.02. The van der Waals surface area contributed by atoms with Crippen LogP contribution in [0.15, 0.2) is 42.0 Å². The molecule has 0 heterocycles. The molecule has 0 radical (unpaired) electrons. The molecule has 0 bridgehead atoms. The molecule has 1 aliphatic rings. The number of benzene rings is 1. The smallest absolute Gasteiger partial charge is 0.150 e. The Morgan fingerprint density at radius 2 is 1.78 bits per heavy atom. The van der Waals surface area contributed by atoms with Crippen molar-refractivity contribution in [3.63, 3.8) is 0 Å². The molecule has 0 spiro atoms. The molecule has 0 N–H and O–H groups in total. The first-order valence-corrected chi connectivity index (χ1v) is 6.35. The molecule has 1 fully saturated rings. The minimum Gasteiger partial charge on any atom is -0.298 e. The maximum Gasteiger partial charge on any atom is 0.150 e. The van der Waals surface area contributed by atoms with Gasteiger partial charge in [0, 0.05) is 5.56 Å². The lowest BCUT2D eigenvalue weighted by Crippen LogP contribution is -1.90. The first kappa shape index (κ1) is 12.8. The molecule has 1 saturated carbocycles. The van der Waals surface area contributed by atoms with E-state index in [-0.39, 0.29) is 5.41 Å². The molecule has 94 valence electrons. The van der Waals surface area contributed by atoms with E-state index in [9.17, 15) is 4.79 Å². The van der Waals surface area contributed by atoms with Crippen LogP contribution in [0, 0.1) is 11.3 Å². The summed E-state index contributed by atoms with van der Waals surface area (Å²) < 4.78 is 0. The van der Waals surface area contributed by atoms with Gasteiger partial charge in [-0.3, -0.25) is 4.79 Å². The molecular weight excluding hydrogens is 220 g/mol. The summed E-state index contributed by atoms with van der Waals surface area (Å²) in [5.41, 5.74) is 6.01. The zero-order chi connectivity index (χ0) is 13.5. The summed E-state index contributed by atoms with van der Waals surface area (Å²) in [4.78, 5) is 10.7. The van der Waals surface area contributed by atoms with Gasteiger partial charge in [0.1, 0.15) is 6.29 Å². The molecule has 18 heavy (non-hydrogen) atoms. The summed E-state index contributed by atoms with van der Waals surface area (Å²) in [6.07, 6.45) is 0.876. The quantitative estimate of drug-likeness (QED) is 0.711. The van der Waals surface area contributed by atoms with Crippen molar-refractivity contribution in [1.29, 1.82) is 0 Å². The van der Waals surface area contributed by atoms with E-state index < -0.39 is 0 Å². The minimum absolute atomic E-state index is 0.275. The average Bonchev–Trinajstić information content (AvgIpc) is 2.81. The molecule has 1 nitrogen and oxygen atoms in total. The van der Waals surface area contributed by atoms with Crippen molar-refractivity contribution in [3.8, 4) is 0 Å². The molecular formula is C17H20O. The van der Waals surface area contributed by atoms with Gasteiger partial charge in [-0.15, -0.1) is 0 Å². The highest BCUT2D eigenvalue weighted by atomic mass is 16.1. The second-order valence-electron chi connectivity index (χ2n) is 5.75. The lowest BCUT2D eigenvalue weighted by Gasteiger charge is -2.09. The molecule has 1 aromatic carbocycles. The van der Waals surface area contributed by atoms with Crippen molar-refractivity contribution < 1.29 is 4.79 Å². The third-order valence-corrected chi connectivity index (χ3v) is 4.16. The standard InChI is InChI=1S/C17H20O/c1-11(2)15(16-12(3)17(16,4)5)14-8-6-13(10-18)7-9-14/h6-10,12H,1H2,2-5H3/b16-15+. The second-order valence-corrected chi connectivity index (χ2v) is 5.75. The van der Waals surface area contributed by atoms with Crippen molar-refractivity contribution in [1.82, 2.24) is 0 Å². The minimum atomic E-state index is 0.275. The van der Waals surface area contributed by atoms with E-state index in [1.165, 1.54) is 16.7 Å². The van der Waals surface area contributed by atoms with Gasteiger partial charge in [0.05, 0.1) is 0 Å². The number of aldehydes is 1. The van der Waals surface area contributed by atoms with Gasteiger partial charge in [0.2, 0.25) is 0 Å². The van der Waals surface area contributed by atoms with Crippen molar-refractivity contribution >= 4 is 11.9 Å². The van der Waals surface area contributed by atoms with Crippen LogP contribution in [0.2, 0.25) is 0 Å². The van der Waals surface area contributed by atoms with Crippen molar-refractivity contribution in [2.45, 2.75) is 27.7 Å². The number of rotatable bonds is 3. The lowest BCUT2D eigenvalue weighted by molar-refractivity contribution is 0.112. The van der Waals surface area contributed by atoms with Crippen LogP contribution in [0.3, 0.4) is 0 Å². The first-order valence-electron chi connectivity index (χ1n) is 6.35. The van der Waals surface area contributed by atoms with E-state index in [0.29, 0.717) is 11.5 Å². The number of carbonyl (C=O) groups excluding carboxylic acids is 1. The highest BCUT2D eigenvalue weighted by molar-refractivity contribution is 5.85. The van der Waals surface area contributed by atoms with Crippen LogP contribution < -0.4 is 0 Å². The predicted octanol–water partition coefficient (Wildman–Crippen LogP) is 4.50. The van der Waals surface area contributed by atoms with Crippen molar-refractivity contribution in [3.05, 3.63) is 53.1 Å². The summed E-state index contributed by atoms with van der Waals surface area (Å²) in [7, 11) is 0. The van der Waals surface area contributed by atoms with E-state index in [1.807, 2.05) is 24.3 Å². The Bertz CT molecular complexity index is 529. The molecule has 0 amide bonds. The Labute approximate surface area is 109 Å². The lowest BCUT2D eigenvalue weighted by atomic mass is 9.96. The molecule has 1 unspecified atom stereocenters. The molecule has 1 heteroatoms. The van der Waals surface area contributed by atoms with Crippen LogP contribution in [-0.2, 0) is 0 Å². The molecule has 0 aliphatic heterocycles. The fourth-order valence-corrected chi connectivity index (χ4v) is 2.67. The summed E-state index contributed by atoms with van der Waals surface area (Å²) in [6, 6.07) is 7.77. The molecule has 1 atom stereocenters. The van der Waals surface area contributed by atoms with Crippen LogP contribution >= 0.6 is 0 Å². The van der Waals surface area contributed by atoms with Crippen LogP contribution in [0.25, 0.3) is 5.57 Å². The zero-order valence-corrected chi connectivity index (χ0v) is 11.6. The summed E-state index contributed by atoms with van der Waals surface area (Å²) >= 11 is 0. The van der Waals surface area contributed by atoms with Crippen LogP contribution in [0.1, 0.15) is 43.6 Å². The van der Waals surface area contributed by atoms with Gasteiger partial charge < -0.3 is 0 Å². The first-order chi connectivity index (χ1) is 8.39. The topological polar surface area (TPSA) is 17.1 Å². The zero-order valence-electron chi connectivity index (χ0n) is 11.6. The van der Waals surface area contributed by atoms with Crippen molar-refractivity contribution in [2.24, 2.45) is 11.3 Å². The molecule has 1 aliphatic carbocycles. The van der Waals surface area contributed by atoms with Crippen LogP contribution in [0.5, 0.6) is 0 Å². The van der Waals surface area contributed by atoms with Gasteiger partial charge in [0.25, 0.3) is 0 Å². The molecule has 0 saturated heterocycles. The van der Waals surface area contributed by atoms with Gasteiger partial charge in [-0.05, 0) is 29.4 Å². The maximum absolute atomic E-state index is 10.7. The Morgan fingerprint density at radius 3 is 2.11 bits per heavy atom. The average molecular weight is 240 g/mol. The van der Waals surface area contributed by atoms with Gasteiger partial charge >= 0.3 is 0 Å². The van der Waals surface area contributed by atoms with E-state index in [1.54, 1.807) is 0 Å². The highest BCUT2D eigenvalue weighted by Gasteiger charge is 2.50. The number of allylic oxidation sites excluding steroid dienone is 3. The number of carbonyl (C=O) groups is 1. The fraction of sp³-hybridized carbons (Fsp3) is 0.353. The normalized spacial score (nSPS) is 23.4. The predicted molar refractivity (Wildman–Crippen MR) is 76.5 cm³/mol. The molecule has 1 aromatic rings. The van der Waals surface area contributed by atoms with Gasteiger partial charge in [-0.25, -0.2) is 0 Å². The van der Waals surface area contributed by atoms with Gasteiger partial charge in [-0.1, -0.05) is 62.8 Å². The number of hydrogen-bond acceptors (Lipinski definition) is 1. The van der Waals surface area contributed by atoms with E-state index in [2.05, 4.69) is 34.3 Å². The van der Waals surface area contributed by atoms with E-state index >= 15 is 0 Å². The molecule has 0 aromatic heterocycles. The SMILES string of the molecule is C=C(C)/C(=C1/C(C)C1(C)C)c1ccc(C=O)cc1. The van der Waals surface area contributed by atoms with Crippen LogP contribution in [-0.4, -0.2) is 6.29 Å². The molecule has 2 rings (SSSR count). The number of hydrogen-bond donors (Lipinski definition) is 0. The summed E-state index contributed by atoms with van der Waals surface area (Å²) in [6.45, 7) is 13.0. The van der Waals surface area contributed by atoms with Gasteiger partial charge in [0.15, 0.2) is 0 Å². The van der Waals surface area contributed by atoms with Gasteiger partial charge in [-0.2, -0.15) is 0 Å². The van der Waals surface area contributed by atoms with E-state index in [0.717, 1.165) is 11.9 Å².